The molecule has 6 nitrogen and oxygen atoms in total. The number of nitro benzene ring substituents is 1. The Labute approximate surface area is 150 Å². The lowest BCUT2D eigenvalue weighted by atomic mass is 10.1. The molecule has 0 saturated heterocycles. The maximum atomic E-state index is 12.1. The van der Waals surface area contributed by atoms with Crippen LogP contribution in [0.5, 0.6) is 5.75 Å². The van der Waals surface area contributed by atoms with E-state index in [0.29, 0.717) is 17.7 Å². The van der Waals surface area contributed by atoms with Gasteiger partial charge in [0.1, 0.15) is 5.75 Å². The van der Waals surface area contributed by atoms with Gasteiger partial charge in [0.2, 0.25) is 5.91 Å². The number of benzene rings is 2. The maximum absolute atomic E-state index is 12.1. The van der Waals surface area contributed by atoms with Crippen LogP contribution in [0.4, 0.5) is 5.69 Å². The summed E-state index contributed by atoms with van der Waals surface area (Å²) in [6.07, 6.45) is 0.371. The Morgan fingerprint density at radius 1 is 1.28 bits per heavy atom. The van der Waals surface area contributed by atoms with E-state index in [4.69, 9.17) is 4.74 Å². The third-order valence-corrected chi connectivity index (χ3v) is 4.63. The Morgan fingerprint density at radius 3 is 2.64 bits per heavy atom. The predicted octanol–water partition coefficient (Wildman–Crippen LogP) is 3.96. The van der Waals surface area contributed by atoms with E-state index in [2.05, 4.69) is 5.32 Å². The molecule has 2 rings (SSSR count). The molecule has 0 fully saturated rings. The van der Waals surface area contributed by atoms with Gasteiger partial charge in [0, 0.05) is 29.2 Å². The van der Waals surface area contributed by atoms with Gasteiger partial charge in [-0.05, 0) is 36.8 Å². The topological polar surface area (TPSA) is 81.5 Å². The van der Waals surface area contributed by atoms with Gasteiger partial charge in [-0.1, -0.05) is 12.1 Å². The fraction of sp³-hybridized carbons (Fsp3) is 0.278. The molecule has 1 amide bonds. The lowest BCUT2D eigenvalue weighted by Gasteiger charge is -2.14. The normalized spacial score (nSPS) is 11.6. The third-order valence-electron chi connectivity index (χ3n) is 3.62. The molecule has 0 heterocycles. The number of nitro groups is 1. The Morgan fingerprint density at radius 2 is 2.00 bits per heavy atom. The highest BCUT2D eigenvalue weighted by atomic mass is 32.2. The summed E-state index contributed by atoms with van der Waals surface area (Å²) < 4.78 is 5.11. The van der Waals surface area contributed by atoms with Crippen LogP contribution in [0.25, 0.3) is 0 Å². The number of ether oxygens (including phenoxy) is 1. The zero-order valence-corrected chi connectivity index (χ0v) is 14.9. The molecule has 0 spiro atoms. The fourth-order valence-electron chi connectivity index (χ4n) is 2.24. The maximum Gasteiger partial charge on any atom is 0.269 e. The first kappa shape index (κ1) is 18.8. The van der Waals surface area contributed by atoms with E-state index < -0.39 is 4.92 Å². The first-order valence-electron chi connectivity index (χ1n) is 7.80. The minimum Gasteiger partial charge on any atom is -0.497 e. The van der Waals surface area contributed by atoms with Crippen LogP contribution >= 0.6 is 11.8 Å². The van der Waals surface area contributed by atoms with Crippen LogP contribution in [-0.4, -0.2) is 23.7 Å². The average molecular weight is 360 g/mol. The first-order chi connectivity index (χ1) is 12.0. The van der Waals surface area contributed by atoms with E-state index >= 15 is 0 Å². The standard InChI is InChI=1S/C18H20N2O4S/c1-13(14-4-3-5-15(12-14)20(22)23)19-18(21)10-11-25-17-8-6-16(24-2)7-9-17/h3-9,12-13H,10-11H2,1-2H3,(H,19,21). The summed E-state index contributed by atoms with van der Waals surface area (Å²) in [5.74, 6) is 1.37. The number of nitrogens with one attached hydrogen (secondary N) is 1. The Hall–Kier alpha value is -2.54. The highest BCUT2D eigenvalue weighted by Gasteiger charge is 2.13. The minimum atomic E-state index is -0.441. The Bertz CT molecular complexity index is 734. The second-order valence-electron chi connectivity index (χ2n) is 5.42. The van der Waals surface area contributed by atoms with E-state index in [1.165, 1.54) is 12.1 Å². The van der Waals surface area contributed by atoms with E-state index in [1.807, 2.05) is 31.2 Å². The van der Waals surface area contributed by atoms with E-state index in [0.717, 1.165) is 10.6 Å². The van der Waals surface area contributed by atoms with Crippen molar-refractivity contribution in [2.75, 3.05) is 12.9 Å². The van der Waals surface area contributed by atoms with Crippen LogP contribution in [0.3, 0.4) is 0 Å². The molecule has 1 N–H and O–H groups in total. The van der Waals surface area contributed by atoms with Crippen LogP contribution in [0.2, 0.25) is 0 Å². The number of carbonyl (C=O) groups excluding carboxylic acids is 1. The molecule has 0 aliphatic rings. The molecule has 132 valence electrons. The number of amides is 1. The Balaban J connectivity index is 1.81. The van der Waals surface area contributed by atoms with Gasteiger partial charge in [-0.25, -0.2) is 0 Å². The molecule has 0 aliphatic heterocycles. The van der Waals surface area contributed by atoms with Gasteiger partial charge in [-0.15, -0.1) is 11.8 Å². The van der Waals surface area contributed by atoms with Gasteiger partial charge in [0.25, 0.3) is 5.69 Å². The zero-order valence-electron chi connectivity index (χ0n) is 14.1. The van der Waals surface area contributed by atoms with Crippen molar-refractivity contribution < 1.29 is 14.5 Å². The molecule has 1 unspecified atom stereocenters. The highest BCUT2D eigenvalue weighted by Crippen LogP contribution is 2.22. The molecule has 0 aromatic heterocycles. The van der Waals surface area contributed by atoms with Crippen molar-refractivity contribution in [3.63, 3.8) is 0 Å². The smallest absolute Gasteiger partial charge is 0.269 e. The van der Waals surface area contributed by atoms with Crippen LogP contribution < -0.4 is 10.1 Å². The molecule has 0 saturated carbocycles. The molecular weight excluding hydrogens is 340 g/mol. The average Bonchev–Trinajstić information content (AvgIpc) is 2.62. The largest absolute Gasteiger partial charge is 0.497 e. The van der Waals surface area contributed by atoms with Crippen LogP contribution in [0, 0.1) is 10.1 Å². The van der Waals surface area contributed by atoms with Crippen LogP contribution in [-0.2, 0) is 4.79 Å². The van der Waals surface area contributed by atoms with Crippen molar-refractivity contribution in [2.24, 2.45) is 0 Å². The van der Waals surface area contributed by atoms with Gasteiger partial charge >= 0.3 is 0 Å². The number of rotatable bonds is 8. The third kappa shape index (κ3) is 5.79. The van der Waals surface area contributed by atoms with Crippen molar-refractivity contribution >= 4 is 23.4 Å². The summed E-state index contributed by atoms with van der Waals surface area (Å²) in [6, 6.07) is 13.7. The van der Waals surface area contributed by atoms with E-state index in [1.54, 1.807) is 31.0 Å². The molecule has 0 radical (unpaired) electrons. The Kier molecular flexibility index (Phi) is 6.82. The quantitative estimate of drug-likeness (QED) is 0.438. The number of nitrogens with zero attached hydrogens (tertiary/aromatic N) is 1. The number of methoxy groups -OCH3 is 1. The van der Waals surface area contributed by atoms with Crippen molar-refractivity contribution in [2.45, 2.75) is 24.3 Å². The van der Waals surface area contributed by atoms with Crippen molar-refractivity contribution in [1.29, 1.82) is 0 Å². The summed E-state index contributed by atoms with van der Waals surface area (Å²) >= 11 is 1.59. The van der Waals surface area contributed by atoms with E-state index in [-0.39, 0.29) is 17.6 Å². The molecule has 7 heteroatoms. The fourth-order valence-corrected chi connectivity index (χ4v) is 3.09. The number of non-ortho nitro benzene ring substituents is 1. The summed E-state index contributed by atoms with van der Waals surface area (Å²) in [7, 11) is 1.62. The van der Waals surface area contributed by atoms with Gasteiger partial charge in [-0.2, -0.15) is 0 Å². The lowest BCUT2D eigenvalue weighted by molar-refractivity contribution is -0.384. The first-order valence-corrected chi connectivity index (χ1v) is 8.78. The summed E-state index contributed by atoms with van der Waals surface area (Å²) in [4.78, 5) is 23.5. The number of carbonyl (C=O) groups is 1. The van der Waals surface area contributed by atoms with Gasteiger partial charge < -0.3 is 10.1 Å². The van der Waals surface area contributed by atoms with Crippen LogP contribution in [0.1, 0.15) is 24.9 Å². The zero-order chi connectivity index (χ0) is 18.2. The summed E-state index contributed by atoms with van der Waals surface area (Å²) in [6.45, 7) is 1.81. The SMILES string of the molecule is COc1ccc(SCCC(=O)NC(C)c2cccc([N+](=O)[O-])c2)cc1. The van der Waals surface area contributed by atoms with Crippen molar-refractivity contribution in [3.05, 3.63) is 64.2 Å². The van der Waals surface area contributed by atoms with Crippen LogP contribution in [0.15, 0.2) is 53.4 Å². The molecular formula is C18H20N2O4S. The number of hydrogen-bond donors (Lipinski definition) is 1. The molecule has 25 heavy (non-hydrogen) atoms. The molecule has 2 aromatic carbocycles. The van der Waals surface area contributed by atoms with Gasteiger partial charge in [0.15, 0.2) is 0 Å². The lowest BCUT2D eigenvalue weighted by Crippen LogP contribution is -2.26. The van der Waals surface area contributed by atoms with Gasteiger partial charge in [0.05, 0.1) is 18.1 Å². The number of thioether (sulfide) groups is 1. The summed E-state index contributed by atoms with van der Waals surface area (Å²) in [5.41, 5.74) is 0.735. The second kappa shape index (κ2) is 9.08. The van der Waals surface area contributed by atoms with Crippen molar-refractivity contribution in [3.8, 4) is 5.75 Å². The second-order valence-corrected chi connectivity index (χ2v) is 6.58. The van der Waals surface area contributed by atoms with Gasteiger partial charge in [-0.3, -0.25) is 14.9 Å². The summed E-state index contributed by atoms with van der Waals surface area (Å²) in [5, 5.41) is 13.7. The minimum absolute atomic E-state index is 0.0219. The molecule has 0 aliphatic carbocycles. The molecule has 1 atom stereocenters. The number of hydrogen-bond acceptors (Lipinski definition) is 5. The monoisotopic (exact) mass is 360 g/mol. The van der Waals surface area contributed by atoms with E-state index in [9.17, 15) is 14.9 Å². The highest BCUT2D eigenvalue weighted by molar-refractivity contribution is 7.99. The van der Waals surface area contributed by atoms with Crippen molar-refractivity contribution in [1.82, 2.24) is 5.32 Å². The predicted molar refractivity (Wildman–Crippen MR) is 98.0 cm³/mol. The molecule has 2 aromatic rings. The molecule has 0 bridgehead atoms.